The second-order valence-electron chi connectivity index (χ2n) is 7.35. The number of hydrogen-bond acceptors (Lipinski definition) is 7. The van der Waals surface area contributed by atoms with E-state index in [2.05, 4.69) is 32.1 Å². The van der Waals surface area contributed by atoms with E-state index >= 15 is 0 Å². The highest BCUT2D eigenvalue weighted by molar-refractivity contribution is 6.02. The molecule has 1 amide bonds. The highest BCUT2D eigenvalue weighted by Crippen LogP contribution is 2.42. The summed E-state index contributed by atoms with van der Waals surface area (Å²) in [5.74, 6) is 1.49. The average Bonchev–Trinajstić information content (AvgIpc) is 2.79. The van der Waals surface area contributed by atoms with Crippen LogP contribution in [0.2, 0.25) is 0 Å². The molecular formula is C22H22F3N5O3. The number of aromatic nitrogens is 2. The number of nitrogens with one attached hydrogen (secondary N) is 1. The lowest BCUT2D eigenvalue weighted by Crippen LogP contribution is -2.48. The van der Waals surface area contributed by atoms with E-state index in [4.69, 9.17) is 15.2 Å². The van der Waals surface area contributed by atoms with E-state index in [9.17, 15) is 18.0 Å². The van der Waals surface area contributed by atoms with Gasteiger partial charge in [-0.3, -0.25) is 4.79 Å². The molecule has 0 spiro atoms. The molecule has 11 heteroatoms. The molecule has 3 N–H and O–H groups in total. The maximum Gasteiger partial charge on any atom is 0.283 e. The van der Waals surface area contributed by atoms with Gasteiger partial charge in [0.25, 0.3) is 11.9 Å². The van der Waals surface area contributed by atoms with Crippen molar-refractivity contribution >= 4 is 17.6 Å². The topological polar surface area (TPSA) is 112 Å². The first-order chi connectivity index (χ1) is 15.7. The zero-order valence-electron chi connectivity index (χ0n) is 18.2. The number of alkyl halides is 1. The van der Waals surface area contributed by atoms with Gasteiger partial charge in [-0.05, 0) is 19.9 Å². The Morgan fingerprint density at radius 1 is 1.30 bits per heavy atom. The van der Waals surface area contributed by atoms with E-state index in [1.54, 1.807) is 20.8 Å². The van der Waals surface area contributed by atoms with Crippen LogP contribution in [0.15, 0.2) is 29.5 Å². The summed E-state index contributed by atoms with van der Waals surface area (Å²) in [6.45, 7) is 3.82. The number of carbonyl (C=O) groups is 1. The van der Waals surface area contributed by atoms with Crippen LogP contribution in [-0.2, 0) is 10.3 Å². The van der Waals surface area contributed by atoms with Gasteiger partial charge in [-0.15, -0.1) is 5.92 Å². The van der Waals surface area contributed by atoms with Crippen molar-refractivity contribution in [2.24, 2.45) is 16.6 Å². The van der Waals surface area contributed by atoms with Crippen molar-refractivity contribution in [3.05, 3.63) is 47.4 Å². The largest absolute Gasteiger partial charge is 0.463 e. The molecule has 0 bridgehead atoms. The highest BCUT2D eigenvalue weighted by Gasteiger charge is 2.47. The van der Waals surface area contributed by atoms with Crippen LogP contribution in [0.3, 0.4) is 0 Å². The van der Waals surface area contributed by atoms with Gasteiger partial charge >= 0.3 is 0 Å². The Hall–Kier alpha value is -3.81. The molecular weight excluding hydrogens is 439 g/mol. The Bertz CT molecular complexity index is 1130. The molecule has 1 unspecified atom stereocenters. The number of anilines is 1. The third kappa shape index (κ3) is 4.84. The molecule has 0 aliphatic carbocycles. The van der Waals surface area contributed by atoms with E-state index in [0.717, 1.165) is 18.3 Å². The van der Waals surface area contributed by atoms with Crippen LogP contribution in [0.25, 0.3) is 0 Å². The van der Waals surface area contributed by atoms with Crippen molar-refractivity contribution in [1.82, 2.24) is 9.97 Å². The number of rotatable bonds is 6. The predicted molar refractivity (Wildman–Crippen MR) is 114 cm³/mol. The van der Waals surface area contributed by atoms with E-state index in [1.807, 2.05) is 0 Å². The lowest BCUT2D eigenvalue weighted by Gasteiger charge is -2.40. The Kier molecular flexibility index (Phi) is 7.06. The van der Waals surface area contributed by atoms with Gasteiger partial charge in [0.05, 0.1) is 12.4 Å². The number of nitrogens with two attached hydrogens (primary N) is 1. The summed E-state index contributed by atoms with van der Waals surface area (Å²) < 4.78 is 54.1. The number of ether oxygens (including phenoxy) is 2. The highest BCUT2D eigenvalue weighted by atomic mass is 19.2. The number of aliphatic imine (C=N–C) groups is 1. The zero-order valence-corrected chi connectivity index (χ0v) is 18.2. The zero-order chi connectivity index (χ0) is 24.2. The number of amides is 1. The number of hydrogen-bond donors (Lipinski definition) is 2. The Balaban J connectivity index is 1.90. The van der Waals surface area contributed by atoms with Gasteiger partial charge in [-0.2, -0.15) is 0 Å². The molecule has 2 aromatic rings. The number of benzene rings is 1. The lowest BCUT2D eigenvalue weighted by molar-refractivity contribution is 0.0490. The van der Waals surface area contributed by atoms with Gasteiger partial charge < -0.3 is 20.5 Å². The second-order valence-corrected chi connectivity index (χ2v) is 7.35. The summed E-state index contributed by atoms with van der Waals surface area (Å²) in [6.07, 6.45) is 1.77. The molecule has 1 aromatic heterocycles. The fraction of sp³-hybridized carbons (Fsp3) is 0.364. The first-order valence-electron chi connectivity index (χ1n) is 9.95. The molecule has 0 saturated heterocycles. The second kappa shape index (κ2) is 9.77. The SMILES string of the molecule is CC#CCOc1cnc(C(=O)Nc2cc(F)c(F)c([C@]3(CF)N=C(N)OC(C)[C@H]3C)c2)cn1. The van der Waals surface area contributed by atoms with Crippen LogP contribution in [0, 0.1) is 29.4 Å². The number of halogens is 3. The summed E-state index contributed by atoms with van der Waals surface area (Å²) in [5.41, 5.74) is 3.21. The minimum atomic E-state index is -1.83. The standard InChI is InChI=1S/C22H22F3N5O3/c1-4-5-6-32-18-10-27-17(9-28-18)20(31)29-14-7-15(19(25)16(24)8-14)22(11-23)12(2)13(3)33-21(26)30-22/h7-10,12-13H,6,11H2,1-3H3,(H2,26,30)(H,29,31)/t12-,13?,22-/m1/s1. The van der Waals surface area contributed by atoms with Crippen molar-refractivity contribution < 1.29 is 27.4 Å². The first-order valence-corrected chi connectivity index (χ1v) is 9.95. The normalized spacial score (nSPS) is 21.8. The number of carbonyl (C=O) groups excluding carboxylic acids is 1. The minimum absolute atomic E-state index is 0.106. The van der Waals surface area contributed by atoms with Gasteiger partial charge in [0, 0.05) is 23.2 Å². The fourth-order valence-electron chi connectivity index (χ4n) is 3.40. The summed E-state index contributed by atoms with van der Waals surface area (Å²) in [4.78, 5) is 24.4. The molecule has 2 heterocycles. The van der Waals surface area contributed by atoms with Crippen molar-refractivity contribution in [2.45, 2.75) is 32.4 Å². The predicted octanol–water partition coefficient (Wildman–Crippen LogP) is 2.94. The maximum atomic E-state index is 14.8. The summed E-state index contributed by atoms with van der Waals surface area (Å²) in [7, 11) is 0. The number of nitrogens with zero attached hydrogens (tertiary/aromatic N) is 3. The lowest BCUT2D eigenvalue weighted by atomic mass is 9.76. The van der Waals surface area contributed by atoms with Gasteiger partial charge in [0.15, 0.2) is 18.2 Å². The Morgan fingerprint density at radius 2 is 2.06 bits per heavy atom. The molecule has 0 radical (unpaired) electrons. The molecule has 1 aliphatic heterocycles. The van der Waals surface area contributed by atoms with Crippen molar-refractivity contribution in [3.8, 4) is 17.7 Å². The molecule has 33 heavy (non-hydrogen) atoms. The third-order valence-corrected chi connectivity index (χ3v) is 5.36. The third-order valence-electron chi connectivity index (χ3n) is 5.36. The molecule has 3 atom stereocenters. The van der Waals surface area contributed by atoms with Gasteiger partial charge in [-0.1, -0.05) is 12.8 Å². The number of amidine groups is 1. The molecule has 8 nitrogen and oxygen atoms in total. The quantitative estimate of drug-likeness (QED) is 0.640. The van der Waals surface area contributed by atoms with E-state index < -0.39 is 47.3 Å². The maximum absolute atomic E-state index is 14.8. The summed E-state index contributed by atoms with van der Waals surface area (Å²) >= 11 is 0. The molecule has 1 aliphatic rings. The van der Waals surface area contributed by atoms with Gasteiger partial charge in [-0.25, -0.2) is 28.1 Å². The fourth-order valence-corrected chi connectivity index (χ4v) is 3.40. The van der Waals surface area contributed by atoms with Crippen LogP contribution in [0.1, 0.15) is 36.8 Å². The van der Waals surface area contributed by atoms with Crippen molar-refractivity contribution in [2.75, 3.05) is 18.6 Å². The molecule has 174 valence electrons. The molecule has 1 aromatic carbocycles. The van der Waals surface area contributed by atoms with Crippen molar-refractivity contribution in [3.63, 3.8) is 0 Å². The molecule has 0 fully saturated rings. The monoisotopic (exact) mass is 461 g/mol. The minimum Gasteiger partial charge on any atom is -0.463 e. The van der Waals surface area contributed by atoms with E-state index in [-0.39, 0.29) is 29.9 Å². The Morgan fingerprint density at radius 3 is 2.70 bits per heavy atom. The van der Waals surface area contributed by atoms with Crippen LogP contribution < -0.4 is 15.8 Å². The van der Waals surface area contributed by atoms with E-state index in [0.29, 0.717) is 0 Å². The smallest absolute Gasteiger partial charge is 0.283 e. The van der Waals surface area contributed by atoms with Crippen LogP contribution >= 0.6 is 0 Å². The van der Waals surface area contributed by atoms with Crippen LogP contribution in [-0.4, -0.2) is 41.3 Å². The molecule has 3 rings (SSSR count). The summed E-state index contributed by atoms with van der Waals surface area (Å²) in [6, 6.07) is 1.56. The van der Waals surface area contributed by atoms with Crippen molar-refractivity contribution in [1.29, 1.82) is 0 Å². The van der Waals surface area contributed by atoms with Crippen LogP contribution in [0.5, 0.6) is 5.88 Å². The first kappa shape index (κ1) is 23.8. The molecule has 0 saturated carbocycles. The Labute approximate surface area is 188 Å². The summed E-state index contributed by atoms with van der Waals surface area (Å²) in [5, 5.41) is 2.41. The van der Waals surface area contributed by atoms with E-state index in [1.165, 1.54) is 6.20 Å². The van der Waals surface area contributed by atoms with Gasteiger partial charge in [0.1, 0.15) is 24.0 Å². The average molecular weight is 461 g/mol. The van der Waals surface area contributed by atoms with Crippen LogP contribution in [0.4, 0.5) is 18.9 Å². The van der Waals surface area contributed by atoms with Gasteiger partial charge in [0.2, 0.25) is 5.88 Å².